The van der Waals surface area contributed by atoms with Crippen LogP contribution >= 0.6 is 0 Å². The van der Waals surface area contributed by atoms with Gasteiger partial charge in [-0.25, -0.2) is 4.98 Å². The molecule has 1 N–H and O–H groups in total. The molecule has 1 saturated heterocycles. The smallest absolute Gasteiger partial charge is 0.272 e. The Morgan fingerprint density at radius 2 is 1.91 bits per heavy atom. The van der Waals surface area contributed by atoms with Gasteiger partial charge in [-0.15, -0.1) is 0 Å². The van der Waals surface area contributed by atoms with Gasteiger partial charge in [0.2, 0.25) is 0 Å². The van der Waals surface area contributed by atoms with Crippen molar-refractivity contribution in [3.05, 3.63) is 59.9 Å². The van der Waals surface area contributed by atoms with Gasteiger partial charge in [0.15, 0.2) is 0 Å². The molecule has 1 aliphatic rings. The van der Waals surface area contributed by atoms with Crippen LogP contribution in [0.15, 0.2) is 48.7 Å². The standard InChI is InChI=1S/C18H21N3O2/c1-20(2)15-8-9-16(19-10-15)17(23)21-11-18(12-21,13-22)14-6-4-3-5-7-14/h3-10,22H,11-13H2,1-2H3. The monoisotopic (exact) mass is 311 g/mol. The van der Waals surface area contributed by atoms with E-state index < -0.39 is 0 Å². The first-order chi connectivity index (χ1) is 11.1. The number of carbonyl (C=O) groups is 1. The number of nitrogens with zero attached hydrogens (tertiary/aromatic N) is 3. The molecule has 5 heteroatoms. The summed E-state index contributed by atoms with van der Waals surface area (Å²) in [5.41, 5.74) is 2.12. The lowest BCUT2D eigenvalue weighted by atomic mass is 9.74. The van der Waals surface area contributed by atoms with Crippen LogP contribution in [0.4, 0.5) is 5.69 Å². The number of pyridine rings is 1. The minimum Gasteiger partial charge on any atom is -0.395 e. The summed E-state index contributed by atoms with van der Waals surface area (Å²) in [6.45, 7) is 1.07. The molecule has 0 saturated carbocycles. The fourth-order valence-electron chi connectivity index (χ4n) is 2.93. The van der Waals surface area contributed by atoms with Crippen LogP contribution < -0.4 is 4.90 Å². The third-order valence-electron chi connectivity index (χ3n) is 4.45. The molecule has 0 spiro atoms. The van der Waals surface area contributed by atoms with Crippen molar-refractivity contribution in [2.45, 2.75) is 5.41 Å². The molecule has 0 bridgehead atoms. The van der Waals surface area contributed by atoms with E-state index in [0.29, 0.717) is 18.8 Å². The highest BCUT2D eigenvalue weighted by molar-refractivity contribution is 5.93. The Morgan fingerprint density at radius 1 is 1.22 bits per heavy atom. The maximum absolute atomic E-state index is 12.5. The second-order valence-corrected chi connectivity index (χ2v) is 6.26. The fraction of sp³-hybridized carbons (Fsp3) is 0.333. The number of hydrogen-bond donors (Lipinski definition) is 1. The Bertz CT molecular complexity index is 677. The average Bonchev–Trinajstić information content (AvgIpc) is 2.55. The zero-order valence-corrected chi connectivity index (χ0v) is 13.4. The minimum absolute atomic E-state index is 0.0355. The van der Waals surface area contributed by atoms with Crippen molar-refractivity contribution in [1.29, 1.82) is 0 Å². The number of likely N-dealkylation sites (tertiary alicyclic amines) is 1. The number of aromatic nitrogens is 1. The molecule has 5 nitrogen and oxygen atoms in total. The molecule has 0 radical (unpaired) electrons. The number of aliphatic hydroxyl groups excluding tert-OH is 1. The summed E-state index contributed by atoms with van der Waals surface area (Å²) in [4.78, 5) is 20.4. The third-order valence-corrected chi connectivity index (χ3v) is 4.45. The van der Waals surface area contributed by atoms with Crippen molar-refractivity contribution in [2.75, 3.05) is 38.7 Å². The molecule has 1 fully saturated rings. The summed E-state index contributed by atoms with van der Waals surface area (Å²) in [5, 5.41) is 9.80. The maximum atomic E-state index is 12.5. The topological polar surface area (TPSA) is 56.7 Å². The summed E-state index contributed by atoms with van der Waals surface area (Å²) in [5.74, 6) is -0.0877. The van der Waals surface area contributed by atoms with Gasteiger partial charge in [0.05, 0.1) is 23.9 Å². The van der Waals surface area contributed by atoms with Gasteiger partial charge >= 0.3 is 0 Å². The van der Waals surface area contributed by atoms with Crippen molar-refractivity contribution in [3.8, 4) is 0 Å². The molecule has 2 heterocycles. The molecule has 1 aromatic heterocycles. The van der Waals surface area contributed by atoms with Crippen molar-refractivity contribution in [1.82, 2.24) is 9.88 Å². The molecule has 0 aliphatic carbocycles. The molecule has 1 amide bonds. The summed E-state index contributed by atoms with van der Waals surface area (Å²) >= 11 is 0. The molecule has 23 heavy (non-hydrogen) atoms. The van der Waals surface area contributed by atoms with Gasteiger partial charge in [-0.3, -0.25) is 4.79 Å². The first kappa shape index (κ1) is 15.5. The lowest BCUT2D eigenvalue weighted by Crippen LogP contribution is -2.63. The van der Waals surface area contributed by atoms with Crippen LogP contribution in [0, 0.1) is 0 Å². The van der Waals surface area contributed by atoms with E-state index in [1.54, 1.807) is 17.2 Å². The highest BCUT2D eigenvalue weighted by Gasteiger charge is 2.46. The molecule has 1 aliphatic heterocycles. The van der Waals surface area contributed by atoms with Crippen LogP contribution in [0.2, 0.25) is 0 Å². The van der Waals surface area contributed by atoms with Crippen LogP contribution in [0.5, 0.6) is 0 Å². The quantitative estimate of drug-likeness (QED) is 0.930. The number of anilines is 1. The van der Waals surface area contributed by atoms with Gasteiger partial charge in [-0.1, -0.05) is 30.3 Å². The highest BCUT2D eigenvalue weighted by atomic mass is 16.3. The number of benzene rings is 1. The fourth-order valence-corrected chi connectivity index (χ4v) is 2.93. The van der Waals surface area contributed by atoms with E-state index >= 15 is 0 Å². The van der Waals surface area contributed by atoms with Gasteiger partial charge in [0.25, 0.3) is 5.91 Å². The van der Waals surface area contributed by atoms with E-state index in [1.165, 1.54) is 0 Å². The zero-order valence-electron chi connectivity index (χ0n) is 13.4. The normalized spacial score (nSPS) is 15.9. The minimum atomic E-state index is -0.347. The van der Waals surface area contributed by atoms with E-state index in [-0.39, 0.29) is 17.9 Å². The first-order valence-electron chi connectivity index (χ1n) is 7.65. The van der Waals surface area contributed by atoms with Crippen LogP contribution in [0.3, 0.4) is 0 Å². The van der Waals surface area contributed by atoms with Crippen molar-refractivity contribution >= 4 is 11.6 Å². The summed E-state index contributed by atoms with van der Waals surface area (Å²) in [6, 6.07) is 13.5. The predicted octanol–water partition coefficient (Wildman–Crippen LogP) is 1.53. The molecule has 3 rings (SSSR count). The molecule has 0 atom stereocenters. The first-order valence-corrected chi connectivity index (χ1v) is 7.65. The maximum Gasteiger partial charge on any atom is 0.272 e. The van der Waals surface area contributed by atoms with Crippen LogP contribution in [-0.4, -0.2) is 54.7 Å². The molecular formula is C18H21N3O2. The Balaban J connectivity index is 1.71. The van der Waals surface area contributed by atoms with Gasteiger partial charge in [0.1, 0.15) is 5.69 Å². The van der Waals surface area contributed by atoms with E-state index in [0.717, 1.165) is 11.3 Å². The summed E-state index contributed by atoms with van der Waals surface area (Å²) in [6.07, 6.45) is 1.70. The van der Waals surface area contributed by atoms with Crippen molar-refractivity contribution in [2.24, 2.45) is 0 Å². The lowest BCUT2D eigenvalue weighted by molar-refractivity contribution is 0.0174. The number of aliphatic hydroxyl groups is 1. The predicted molar refractivity (Wildman–Crippen MR) is 89.7 cm³/mol. The Kier molecular flexibility index (Phi) is 4.05. The molecule has 120 valence electrons. The third kappa shape index (κ3) is 2.80. The van der Waals surface area contributed by atoms with Gasteiger partial charge in [-0.2, -0.15) is 0 Å². The molecule has 0 unspecified atom stereocenters. The molecule has 2 aromatic rings. The number of amides is 1. The lowest BCUT2D eigenvalue weighted by Gasteiger charge is -2.49. The van der Waals surface area contributed by atoms with E-state index in [9.17, 15) is 9.90 Å². The Labute approximate surface area is 136 Å². The Hall–Kier alpha value is -2.40. The second-order valence-electron chi connectivity index (χ2n) is 6.26. The van der Waals surface area contributed by atoms with Crippen LogP contribution in [0.1, 0.15) is 16.1 Å². The molecule has 1 aromatic carbocycles. The number of rotatable bonds is 4. The van der Waals surface area contributed by atoms with Crippen molar-refractivity contribution < 1.29 is 9.90 Å². The second kappa shape index (κ2) is 6.01. The summed E-state index contributed by atoms with van der Waals surface area (Å²) < 4.78 is 0. The van der Waals surface area contributed by atoms with Gasteiger partial charge in [0, 0.05) is 27.2 Å². The van der Waals surface area contributed by atoms with Crippen molar-refractivity contribution in [3.63, 3.8) is 0 Å². The SMILES string of the molecule is CN(C)c1ccc(C(=O)N2CC(CO)(c3ccccc3)C2)nc1. The van der Waals surface area contributed by atoms with Gasteiger partial charge < -0.3 is 14.9 Å². The number of carbonyl (C=O) groups excluding carboxylic acids is 1. The zero-order chi connectivity index (χ0) is 16.4. The number of hydrogen-bond acceptors (Lipinski definition) is 4. The average molecular weight is 311 g/mol. The Morgan fingerprint density at radius 3 is 2.43 bits per heavy atom. The summed E-state index contributed by atoms with van der Waals surface area (Å²) in [7, 11) is 3.87. The highest BCUT2D eigenvalue weighted by Crippen LogP contribution is 2.34. The van der Waals surface area contributed by atoms with Crippen LogP contribution in [0.25, 0.3) is 0 Å². The molecular weight excluding hydrogens is 290 g/mol. The van der Waals surface area contributed by atoms with E-state index in [4.69, 9.17) is 0 Å². The largest absolute Gasteiger partial charge is 0.395 e. The van der Waals surface area contributed by atoms with E-state index in [2.05, 4.69) is 4.98 Å². The van der Waals surface area contributed by atoms with Crippen LogP contribution in [-0.2, 0) is 5.41 Å². The van der Waals surface area contributed by atoms with E-state index in [1.807, 2.05) is 55.4 Å². The van der Waals surface area contributed by atoms with Gasteiger partial charge in [-0.05, 0) is 17.7 Å².